The van der Waals surface area contributed by atoms with E-state index in [1.807, 2.05) is 47.0 Å². The van der Waals surface area contributed by atoms with E-state index in [0.717, 1.165) is 16.6 Å². The van der Waals surface area contributed by atoms with Crippen LogP contribution in [0, 0.1) is 6.92 Å². The Morgan fingerprint density at radius 3 is 2.41 bits per heavy atom. The molecule has 5 aromatic rings. The summed E-state index contributed by atoms with van der Waals surface area (Å²) in [6.45, 7) is 2.94. The van der Waals surface area contributed by atoms with E-state index >= 15 is 0 Å². The molecule has 0 fully saturated rings. The van der Waals surface area contributed by atoms with Crippen LogP contribution in [0.5, 0.6) is 5.75 Å². The molecule has 1 atom stereocenters. The molecule has 5 rings (SSSR count). The summed E-state index contributed by atoms with van der Waals surface area (Å²) in [6, 6.07) is 23.2. The highest BCUT2D eigenvalue weighted by atomic mass is 32.2. The summed E-state index contributed by atoms with van der Waals surface area (Å²) in [7, 11) is 0. The Kier molecular flexibility index (Phi) is 5.68. The number of aromatic nitrogens is 2. The molecule has 0 spiro atoms. The van der Waals surface area contributed by atoms with Crippen LogP contribution in [-0.4, -0.2) is 14.9 Å². The fourth-order valence-electron chi connectivity index (χ4n) is 4.10. The van der Waals surface area contributed by atoms with Crippen molar-refractivity contribution < 1.29 is 8.39 Å². The highest BCUT2D eigenvalue weighted by molar-refractivity contribution is 7.80. The largest absolute Gasteiger partial charge is 0.329 e. The first-order valence-corrected chi connectivity index (χ1v) is 12.7. The minimum Gasteiger partial charge on any atom is -0.288 e. The predicted molar refractivity (Wildman–Crippen MR) is 133 cm³/mol. The average molecular weight is 464 g/mol. The third-order valence-corrected chi connectivity index (χ3v) is 7.57. The third kappa shape index (κ3) is 3.89. The van der Waals surface area contributed by atoms with Crippen molar-refractivity contribution in [3.05, 3.63) is 99.8 Å². The van der Waals surface area contributed by atoms with Gasteiger partial charge in [0.1, 0.15) is 0 Å². The van der Waals surface area contributed by atoms with Crippen molar-refractivity contribution in [1.82, 2.24) is 9.13 Å². The number of benzene rings is 3. The maximum Gasteiger partial charge on any atom is 0.329 e. The number of thiol groups is 1. The highest BCUT2D eigenvalue weighted by Gasteiger charge is 2.17. The van der Waals surface area contributed by atoms with E-state index in [9.17, 15) is 9.00 Å². The molecule has 1 unspecified atom stereocenters. The summed E-state index contributed by atoms with van der Waals surface area (Å²) in [6.07, 6.45) is 0. The zero-order valence-corrected chi connectivity index (χ0v) is 19.3. The number of nitrogens with zero attached hydrogens (tertiary/aromatic N) is 2. The van der Waals surface area contributed by atoms with Gasteiger partial charge in [-0.2, -0.15) is 0 Å². The van der Waals surface area contributed by atoms with Gasteiger partial charge in [0.05, 0.1) is 24.1 Å². The van der Waals surface area contributed by atoms with Crippen LogP contribution in [0.15, 0.2) is 83.0 Å². The molecule has 2 heterocycles. The van der Waals surface area contributed by atoms with Gasteiger partial charge in [-0.1, -0.05) is 46.7 Å². The van der Waals surface area contributed by atoms with E-state index in [4.69, 9.17) is 4.18 Å². The first-order chi connectivity index (χ1) is 15.6. The van der Waals surface area contributed by atoms with Crippen LogP contribution in [0.2, 0.25) is 0 Å². The van der Waals surface area contributed by atoms with Crippen molar-refractivity contribution in [3.63, 3.8) is 0 Å². The standard InChI is InChI=1S/C25H22N2O3S2/c1-18-8-7-13-23-24(18)19(17-31-23)16-27-22-12-6-5-11-21(22)26(25(27)28)14-15-32(29)30-20-9-3-2-4-10-20/h2-13,17H,14-16H2,1H3/p+1. The number of rotatable bonds is 7. The SMILES string of the molecule is Cc1cccc2scc(Cn3c(=O)n(CC[SH+](=O)Oc4ccccc4)c4ccccc43)c12. The van der Waals surface area contributed by atoms with Crippen LogP contribution in [0.4, 0.5) is 0 Å². The molecule has 2 aromatic heterocycles. The molecule has 0 aliphatic carbocycles. The smallest absolute Gasteiger partial charge is 0.288 e. The van der Waals surface area contributed by atoms with E-state index < -0.39 is 11.1 Å². The van der Waals surface area contributed by atoms with Crippen LogP contribution >= 0.6 is 11.3 Å². The van der Waals surface area contributed by atoms with Crippen molar-refractivity contribution >= 4 is 43.5 Å². The fourth-order valence-corrected chi connectivity index (χ4v) is 5.94. The lowest BCUT2D eigenvalue weighted by atomic mass is 10.1. The van der Waals surface area contributed by atoms with Crippen molar-refractivity contribution in [2.45, 2.75) is 20.0 Å². The monoisotopic (exact) mass is 463 g/mol. The minimum atomic E-state index is -1.92. The van der Waals surface area contributed by atoms with Gasteiger partial charge in [0.15, 0.2) is 11.5 Å². The van der Waals surface area contributed by atoms with Crippen molar-refractivity contribution in [2.75, 3.05) is 5.75 Å². The van der Waals surface area contributed by atoms with Crippen LogP contribution in [0.25, 0.3) is 21.1 Å². The summed E-state index contributed by atoms with van der Waals surface area (Å²) >= 11 is -0.222. The molecular formula is C25H23N2O3S2+. The summed E-state index contributed by atoms with van der Waals surface area (Å²) in [5.41, 5.74) is 3.99. The van der Waals surface area contributed by atoms with Crippen LogP contribution in [-0.2, 0) is 28.4 Å². The lowest BCUT2D eigenvalue weighted by Crippen LogP contribution is -2.26. The number of hydrogen-bond acceptors (Lipinski definition) is 4. The molecule has 0 N–H and O–H groups in total. The number of aryl methyl sites for hydroxylation is 2. The molecule has 3 aromatic carbocycles. The van der Waals surface area contributed by atoms with Gasteiger partial charge in [-0.3, -0.25) is 13.3 Å². The molecule has 5 nitrogen and oxygen atoms in total. The van der Waals surface area contributed by atoms with E-state index in [2.05, 4.69) is 30.5 Å². The molecule has 0 saturated heterocycles. The predicted octanol–water partition coefficient (Wildman–Crippen LogP) is 5.06. The van der Waals surface area contributed by atoms with Gasteiger partial charge < -0.3 is 0 Å². The molecule has 0 saturated carbocycles. The van der Waals surface area contributed by atoms with Crippen molar-refractivity contribution in [3.8, 4) is 5.75 Å². The average Bonchev–Trinajstić information content (AvgIpc) is 3.33. The van der Waals surface area contributed by atoms with Gasteiger partial charge in [-0.15, -0.1) is 11.3 Å². The number of para-hydroxylation sites is 3. The first-order valence-electron chi connectivity index (χ1n) is 10.4. The summed E-state index contributed by atoms with van der Waals surface area (Å²) in [4.78, 5) is 13.4. The molecule has 0 aliphatic heterocycles. The third-order valence-electron chi connectivity index (χ3n) is 5.59. The Morgan fingerprint density at radius 1 is 0.906 bits per heavy atom. The summed E-state index contributed by atoms with van der Waals surface area (Å²) in [5.74, 6) is 0.835. The Labute approximate surface area is 192 Å². The Bertz CT molecular complexity index is 1480. The number of fused-ring (bicyclic) bond motifs is 2. The summed E-state index contributed by atoms with van der Waals surface area (Å²) < 4.78 is 22.8. The number of hydrogen-bond donors (Lipinski definition) is 0. The Hall–Kier alpha value is -3.16. The first kappa shape index (κ1) is 20.7. The van der Waals surface area contributed by atoms with Gasteiger partial charge in [-0.25, -0.2) is 4.79 Å². The molecule has 0 bridgehead atoms. The second-order valence-electron chi connectivity index (χ2n) is 7.68. The van der Waals surface area contributed by atoms with Gasteiger partial charge in [0.2, 0.25) is 11.1 Å². The van der Waals surface area contributed by atoms with Crippen molar-refractivity contribution in [2.24, 2.45) is 0 Å². The molecular weight excluding hydrogens is 440 g/mol. The van der Waals surface area contributed by atoms with E-state index in [1.165, 1.54) is 15.6 Å². The molecule has 162 valence electrons. The van der Waals surface area contributed by atoms with Crippen LogP contribution < -0.4 is 9.87 Å². The molecule has 0 radical (unpaired) electrons. The number of thiophene rings is 1. The summed E-state index contributed by atoms with van der Waals surface area (Å²) in [5, 5.41) is 3.36. The molecule has 32 heavy (non-hydrogen) atoms. The maximum atomic E-state index is 13.4. The van der Waals surface area contributed by atoms with Crippen molar-refractivity contribution in [1.29, 1.82) is 0 Å². The van der Waals surface area contributed by atoms with E-state index in [1.54, 1.807) is 28.0 Å². The Morgan fingerprint density at radius 2 is 1.62 bits per heavy atom. The zero-order chi connectivity index (χ0) is 22.1. The second kappa shape index (κ2) is 8.76. The normalized spacial score (nSPS) is 12.4. The fraction of sp³-hybridized carbons (Fsp3) is 0.160. The topological polar surface area (TPSA) is 53.2 Å². The highest BCUT2D eigenvalue weighted by Crippen LogP contribution is 2.29. The molecule has 7 heteroatoms. The molecule has 0 amide bonds. The maximum absolute atomic E-state index is 13.4. The minimum absolute atomic E-state index is 0.0951. The Balaban J connectivity index is 1.45. The second-order valence-corrected chi connectivity index (χ2v) is 9.89. The molecule has 0 aliphatic rings. The van der Waals surface area contributed by atoms with Gasteiger partial charge in [0, 0.05) is 10.1 Å². The van der Waals surface area contributed by atoms with Gasteiger partial charge in [-0.05, 0) is 53.8 Å². The quantitative estimate of drug-likeness (QED) is 0.250. The van der Waals surface area contributed by atoms with Crippen LogP contribution in [0.3, 0.4) is 0 Å². The van der Waals surface area contributed by atoms with Crippen LogP contribution in [0.1, 0.15) is 11.1 Å². The van der Waals surface area contributed by atoms with E-state index in [0.29, 0.717) is 18.8 Å². The lowest BCUT2D eigenvalue weighted by Gasteiger charge is -2.04. The number of imidazole rings is 1. The van der Waals surface area contributed by atoms with E-state index in [-0.39, 0.29) is 11.4 Å². The van der Waals surface area contributed by atoms with Gasteiger partial charge >= 0.3 is 5.69 Å². The van der Waals surface area contributed by atoms with Gasteiger partial charge in [0.25, 0.3) is 0 Å². The lowest BCUT2D eigenvalue weighted by molar-refractivity contribution is 0.515. The zero-order valence-electron chi connectivity index (χ0n) is 17.6.